The standard InChI is InChI=1S/C14H21NO6.C13H18FNO5.C13H19NO5.CH4/c1-2-10(17)11(18)12(19)13(20)14(21)15-9-5-3-8(7-16)4-6-9;1-2-9(16)10(17)11(18)12(19)13(20)15-8-6-4-3-5-7(8)14;1-2-9(15)10(16)11(17)12(18)13(19)14-8-6-4-3-5-7-8;/h3-6,10-13,16-20H,2,7H2,1H3,(H,15,21);3-6,9-12,16-19H,2H2,1H3,(H,15,20);3-7,9-12,15-18H,2H2,1H3,(H,14,19);1H4/t10-,11-,12+,13-;2*9-,10-,11+,12-;/m111./s1. The second kappa shape index (κ2) is 28.9. The molecule has 0 fully saturated rings. The maximum absolute atomic E-state index is 13.3. The van der Waals surface area contributed by atoms with Gasteiger partial charge in [0.25, 0.3) is 17.7 Å². The lowest BCUT2D eigenvalue weighted by Gasteiger charge is -2.25. The number of anilines is 3. The van der Waals surface area contributed by atoms with Gasteiger partial charge in [0.2, 0.25) is 0 Å². The lowest BCUT2D eigenvalue weighted by molar-refractivity contribution is -0.142. The van der Waals surface area contributed by atoms with Gasteiger partial charge >= 0.3 is 0 Å². The van der Waals surface area contributed by atoms with Gasteiger partial charge in [0.1, 0.15) is 42.4 Å². The quantitative estimate of drug-likeness (QED) is 0.0666. The number of aliphatic hydroxyl groups is 13. The van der Waals surface area contributed by atoms with Gasteiger partial charge in [-0.15, -0.1) is 0 Å². The summed E-state index contributed by atoms with van der Waals surface area (Å²) in [5.41, 5.74) is 1.34. The van der Waals surface area contributed by atoms with Crippen LogP contribution in [0, 0.1) is 5.82 Å². The fraction of sp³-hybridized carbons (Fsp3) is 0.488. The van der Waals surface area contributed by atoms with Crippen LogP contribution in [0.15, 0.2) is 78.9 Å². The lowest BCUT2D eigenvalue weighted by atomic mass is 10.0. The maximum Gasteiger partial charge on any atom is 0.256 e. The van der Waals surface area contributed by atoms with Crippen LogP contribution < -0.4 is 16.0 Å². The molecule has 0 aliphatic rings. The predicted molar refractivity (Wildman–Crippen MR) is 221 cm³/mol. The normalized spacial score (nSPS) is 16.8. The average Bonchev–Trinajstić information content (AvgIpc) is 3.27. The van der Waals surface area contributed by atoms with E-state index in [1.165, 1.54) is 30.3 Å². The Morgan fingerprint density at radius 2 is 0.803 bits per heavy atom. The van der Waals surface area contributed by atoms with Crippen LogP contribution in [0.5, 0.6) is 0 Å². The molecule has 3 amide bonds. The van der Waals surface area contributed by atoms with Gasteiger partial charge in [0, 0.05) is 11.4 Å². The molecule has 16 N–H and O–H groups in total. The van der Waals surface area contributed by atoms with Gasteiger partial charge in [0.15, 0.2) is 18.3 Å². The number of aliphatic hydroxyl groups excluding tert-OH is 13. The third-order valence-corrected chi connectivity index (χ3v) is 8.84. The Balaban J connectivity index is 0.000000879. The highest BCUT2D eigenvalue weighted by Crippen LogP contribution is 2.16. The molecule has 61 heavy (non-hydrogen) atoms. The largest absolute Gasteiger partial charge is 0.392 e. The molecule has 0 spiro atoms. The Labute approximate surface area is 353 Å². The molecule has 3 aromatic rings. The molecule has 3 rings (SSSR count). The van der Waals surface area contributed by atoms with Crippen molar-refractivity contribution in [3.05, 3.63) is 90.2 Å². The van der Waals surface area contributed by atoms with Gasteiger partial charge in [-0.25, -0.2) is 4.39 Å². The summed E-state index contributed by atoms with van der Waals surface area (Å²) in [6, 6.07) is 20.0. The van der Waals surface area contributed by atoms with Gasteiger partial charge in [-0.05, 0) is 61.2 Å². The molecule has 0 unspecified atom stereocenters. The molecule has 0 heterocycles. The SMILES string of the molecule is C.CC[C@@H](O)[C@@H](O)[C@H](O)[C@@H](O)C(=O)Nc1ccc(CO)cc1.CC[C@@H](O)[C@@H](O)[C@H](O)[C@@H](O)C(=O)Nc1ccccc1.CC[C@@H](O)[C@@H](O)[C@H](O)[C@@H](O)C(=O)Nc1ccccc1F. The molecule has 19 nitrogen and oxygen atoms in total. The highest BCUT2D eigenvalue weighted by Gasteiger charge is 2.36. The molecule has 20 heteroatoms. The van der Waals surface area contributed by atoms with Gasteiger partial charge in [-0.3, -0.25) is 14.4 Å². The van der Waals surface area contributed by atoms with Crippen molar-refractivity contribution in [2.24, 2.45) is 0 Å². The van der Waals surface area contributed by atoms with Crippen molar-refractivity contribution < 1.29 is 85.2 Å². The van der Waals surface area contributed by atoms with Gasteiger partial charge < -0.3 is 82.3 Å². The highest BCUT2D eigenvalue weighted by atomic mass is 19.1. The number of hydrogen-bond acceptors (Lipinski definition) is 16. The van der Waals surface area contributed by atoms with Crippen molar-refractivity contribution >= 4 is 34.8 Å². The monoisotopic (exact) mass is 871 g/mol. The number of carbonyl (C=O) groups excluding carboxylic acids is 3. The van der Waals surface area contributed by atoms with Gasteiger partial charge in [0.05, 0.1) is 30.6 Å². The van der Waals surface area contributed by atoms with Crippen molar-refractivity contribution in [2.45, 2.75) is 127 Å². The Morgan fingerprint density at radius 1 is 0.475 bits per heavy atom. The zero-order valence-corrected chi connectivity index (χ0v) is 33.2. The summed E-state index contributed by atoms with van der Waals surface area (Å²) in [6.45, 7) is 4.63. The molecule has 0 aliphatic carbocycles. The second-order valence-electron chi connectivity index (χ2n) is 13.4. The summed E-state index contributed by atoms with van der Waals surface area (Å²) in [7, 11) is 0. The third-order valence-electron chi connectivity index (χ3n) is 8.84. The van der Waals surface area contributed by atoms with Crippen molar-refractivity contribution in [1.29, 1.82) is 0 Å². The third kappa shape index (κ3) is 18.6. The summed E-state index contributed by atoms with van der Waals surface area (Å²) < 4.78 is 13.3. The van der Waals surface area contributed by atoms with Crippen LogP contribution in [0.1, 0.15) is 53.0 Å². The number of amides is 3. The highest BCUT2D eigenvalue weighted by molar-refractivity contribution is 5.95. The molecule has 0 saturated heterocycles. The number of halogens is 1. The fourth-order valence-corrected chi connectivity index (χ4v) is 4.85. The average molecular weight is 872 g/mol. The van der Waals surface area contributed by atoms with E-state index >= 15 is 0 Å². The summed E-state index contributed by atoms with van der Waals surface area (Å²) in [4.78, 5) is 35.1. The first kappa shape index (κ1) is 56.5. The number of hydrogen-bond donors (Lipinski definition) is 16. The van der Waals surface area contributed by atoms with E-state index in [1.54, 1.807) is 63.2 Å². The van der Waals surface area contributed by atoms with Crippen molar-refractivity contribution in [2.75, 3.05) is 16.0 Å². The summed E-state index contributed by atoms with van der Waals surface area (Å²) >= 11 is 0. The summed E-state index contributed by atoms with van der Waals surface area (Å²) in [5.74, 6) is -3.52. The number of para-hydroxylation sites is 2. The summed E-state index contributed by atoms with van der Waals surface area (Å²) in [6.07, 6.45) is -19.2. The van der Waals surface area contributed by atoms with E-state index in [-0.39, 0.29) is 39.0 Å². The van der Waals surface area contributed by atoms with E-state index in [4.69, 9.17) is 5.11 Å². The first-order valence-corrected chi connectivity index (χ1v) is 18.8. The van der Waals surface area contributed by atoms with E-state index in [0.717, 1.165) is 6.07 Å². The number of benzene rings is 3. The minimum absolute atomic E-state index is 0. The first-order chi connectivity index (χ1) is 28.2. The lowest BCUT2D eigenvalue weighted by Crippen LogP contribution is -2.49. The molecule has 12 atom stereocenters. The Morgan fingerprint density at radius 3 is 1.15 bits per heavy atom. The van der Waals surface area contributed by atoms with Crippen LogP contribution in [0.25, 0.3) is 0 Å². The van der Waals surface area contributed by atoms with Crippen LogP contribution in [-0.4, -0.2) is 157 Å². The zero-order chi connectivity index (χ0) is 45.7. The molecule has 0 aliphatic heterocycles. The van der Waals surface area contributed by atoms with Crippen LogP contribution in [0.2, 0.25) is 0 Å². The van der Waals surface area contributed by atoms with Crippen LogP contribution in [0.3, 0.4) is 0 Å². The molecular weight excluding hydrogens is 809 g/mol. The van der Waals surface area contributed by atoms with Gasteiger partial charge in [-0.2, -0.15) is 0 Å². The van der Waals surface area contributed by atoms with E-state index in [0.29, 0.717) is 16.9 Å². The molecule has 344 valence electrons. The van der Waals surface area contributed by atoms with Crippen LogP contribution in [0.4, 0.5) is 21.5 Å². The molecule has 0 aromatic heterocycles. The van der Waals surface area contributed by atoms with Gasteiger partial charge in [-0.1, -0.05) is 70.7 Å². The van der Waals surface area contributed by atoms with Crippen molar-refractivity contribution in [3.63, 3.8) is 0 Å². The predicted octanol–water partition coefficient (Wildman–Crippen LogP) is -1.30. The molecule has 0 bridgehead atoms. The molecular formula is C41H62FN3O16. The number of nitrogens with one attached hydrogen (secondary N) is 3. The van der Waals surface area contributed by atoms with E-state index in [9.17, 15) is 80.1 Å². The number of carbonyl (C=O) groups is 3. The van der Waals surface area contributed by atoms with E-state index in [2.05, 4.69) is 16.0 Å². The molecule has 0 radical (unpaired) electrons. The maximum atomic E-state index is 13.3. The van der Waals surface area contributed by atoms with E-state index in [1.807, 2.05) is 0 Å². The fourth-order valence-electron chi connectivity index (χ4n) is 4.85. The first-order valence-electron chi connectivity index (χ1n) is 18.8. The van der Waals surface area contributed by atoms with E-state index < -0.39 is 96.8 Å². The van der Waals surface area contributed by atoms with Crippen LogP contribution in [-0.2, 0) is 21.0 Å². The minimum atomic E-state index is -1.99. The Hall–Kier alpha value is -4.52. The van der Waals surface area contributed by atoms with Crippen molar-refractivity contribution in [1.82, 2.24) is 0 Å². The topological polar surface area (TPSA) is 350 Å². The van der Waals surface area contributed by atoms with Crippen molar-refractivity contribution in [3.8, 4) is 0 Å². The second-order valence-corrected chi connectivity index (χ2v) is 13.4. The summed E-state index contributed by atoms with van der Waals surface area (Å²) in [5, 5.41) is 130. The number of rotatable bonds is 19. The Bertz CT molecular complexity index is 1700. The minimum Gasteiger partial charge on any atom is -0.392 e. The molecule has 3 aromatic carbocycles. The Kier molecular flexibility index (Phi) is 26.8. The zero-order valence-electron chi connectivity index (χ0n) is 33.2. The van der Waals surface area contributed by atoms with Crippen LogP contribution >= 0.6 is 0 Å². The molecule has 0 saturated carbocycles. The smallest absolute Gasteiger partial charge is 0.256 e.